The second-order valence-electron chi connectivity index (χ2n) is 5.06. The van der Waals surface area contributed by atoms with Crippen molar-refractivity contribution >= 4 is 0 Å². The molecular formula is C16H26. The number of unbranched alkanes of at least 4 members (excludes halogenated alkanes) is 4. The molecule has 1 aromatic rings. The summed E-state index contributed by atoms with van der Waals surface area (Å²) < 4.78 is 0. The van der Waals surface area contributed by atoms with Crippen molar-refractivity contribution in [3.8, 4) is 0 Å². The first kappa shape index (κ1) is 13.3. The van der Waals surface area contributed by atoms with Gasteiger partial charge in [0.15, 0.2) is 0 Å². The second-order valence-corrected chi connectivity index (χ2v) is 5.06. The van der Waals surface area contributed by atoms with Gasteiger partial charge in [-0.3, -0.25) is 0 Å². The molecule has 0 aliphatic rings. The number of hydrogen-bond donors (Lipinski definition) is 0. The molecule has 16 heavy (non-hydrogen) atoms. The van der Waals surface area contributed by atoms with Crippen LogP contribution in [0.5, 0.6) is 0 Å². The minimum Gasteiger partial charge on any atom is -0.0654 e. The van der Waals surface area contributed by atoms with Gasteiger partial charge in [-0.1, -0.05) is 70.7 Å². The molecule has 0 bridgehead atoms. The van der Waals surface area contributed by atoms with Crippen LogP contribution in [0.25, 0.3) is 0 Å². The fourth-order valence-electron chi connectivity index (χ4n) is 2.04. The maximum absolute atomic E-state index is 2.38. The lowest BCUT2D eigenvalue weighted by Gasteiger charge is -2.08. The standard InChI is InChI=1S/C16H26/c1-4-5-6-7-8-10-15-11-9-12-16(13-15)14(2)3/h9,11-14H,4-8,10H2,1-3H3. The lowest BCUT2D eigenvalue weighted by molar-refractivity contribution is 0.632. The van der Waals surface area contributed by atoms with Gasteiger partial charge in [-0.2, -0.15) is 0 Å². The van der Waals surface area contributed by atoms with E-state index in [1.807, 2.05) is 0 Å². The molecule has 0 N–H and O–H groups in total. The summed E-state index contributed by atoms with van der Waals surface area (Å²) in [5.41, 5.74) is 2.99. The molecule has 0 aliphatic heterocycles. The lowest BCUT2D eigenvalue weighted by atomic mass is 9.98. The first-order valence-electron chi connectivity index (χ1n) is 6.83. The number of rotatable bonds is 7. The largest absolute Gasteiger partial charge is 0.0654 e. The highest BCUT2D eigenvalue weighted by molar-refractivity contribution is 5.25. The quantitative estimate of drug-likeness (QED) is 0.543. The number of hydrogen-bond acceptors (Lipinski definition) is 0. The molecule has 0 heterocycles. The Hall–Kier alpha value is -0.780. The van der Waals surface area contributed by atoms with Crippen LogP contribution < -0.4 is 0 Å². The zero-order valence-corrected chi connectivity index (χ0v) is 11.1. The van der Waals surface area contributed by atoms with Gasteiger partial charge in [0.05, 0.1) is 0 Å². The van der Waals surface area contributed by atoms with Crippen LogP contribution in [0, 0.1) is 0 Å². The Kier molecular flexibility index (Phi) is 6.22. The maximum Gasteiger partial charge on any atom is -0.0219 e. The first-order chi connectivity index (χ1) is 7.74. The molecule has 0 saturated carbocycles. The van der Waals surface area contributed by atoms with Gasteiger partial charge in [-0.25, -0.2) is 0 Å². The molecule has 0 heteroatoms. The summed E-state index contributed by atoms with van der Waals surface area (Å²) in [7, 11) is 0. The van der Waals surface area contributed by atoms with E-state index >= 15 is 0 Å². The minimum atomic E-state index is 0.653. The first-order valence-corrected chi connectivity index (χ1v) is 6.83. The van der Waals surface area contributed by atoms with Crippen LogP contribution in [0.4, 0.5) is 0 Å². The second kappa shape index (κ2) is 7.49. The normalized spacial score (nSPS) is 11.0. The average Bonchev–Trinajstić information content (AvgIpc) is 2.29. The Labute approximate surface area is 101 Å². The molecule has 0 saturated heterocycles. The summed E-state index contributed by atoms with van der Waals surface area (Å²) in [6.45, 7) is 6.80. The molecule has 0 aromatic heterocycles. The van der Waals surface area contributed by atoms with Crippen molar-refractivity contribution in [1.29, 1.82) is 0 Å². The SMILES string of the molecule is CCCCCCCc1cccc(C(C)C)c1. The number of benzene rings is 1. The van der Waals surface area contributed by atoms with E-state index in [4.69, 9.17) is 0 Å². The lowest BCUT2D eigenvalue weighted by Crippen LogP contribution is -1.91. The predicted molar refractivity (Wildman–Crippen MR) is 73.0 cm³/mol. The van der Waals surface area contributed by atoms with E-state index in [1.165, 1.54) is 49.7 Å². The van der Waals surface area contributed by atoms with Crippen molar-refractivity contribution in [1.82, 2.24) is 0 Å². The molecule has 0 radical (unpaired) electrons. The smallest absolute Gasteiger partial charge is 0.0219 e. The highest BCUT2D eigenvalue weighted by Gasteiger charge is 2.00. The van der Waals surface area contributed by atoms with Crippen molar-refractivity contribution in [3.63, 3.8) is 0 Å². The van der Waals surface area contributed by atoms with Crippen LogP contribution in [0.1, 0.15) is 69.9 Å². The van der Waals surface area contributed by atoms with Gasteiger partial charge < -0.3 is 0 Å². The van der Waals surface area contributed by atoms with Crippen LogP contribution in [-0.2, 0) is 6.42 Å². The average molecular weight is 218 g/mol. The van der Waals surface area contributed by atoms with Crippen molar-refractivity contribution in [3.05, 3.63) is 35.4 Å². The molecule has 0 unspecified atom stereocenters. The van der Waals surface area contributed by atoms with Gasteiger partial charge in [0.25, 0.3) is 0 Å². The van der Waals surface area contributed by atoms with E-state index in [-0.39, 0.29) is 0 Å². The molecule has 90 valence electrons. The van der Waals surface area contributed by atoms with Gasteiger partial charge >= 0.3 is 0 Å². The summed E-state index contributed by atoms with van der Waals surface area (Å²) in [4.78, 5) is 0. The van der Waals surface area contributed by atoms with Crippen molar-refractivity contribution in [2.75, 3.05) is 0 Å². The molecule has 1 aromatic carbocycles. The third-order valence-corrected chi connectivity index (χ3v) is 3.19. The minimum absolute atomic E-state index is 0.653. The van der Waals surface area contributed by atoms with Gasteiger partial charge in [0.1, 0.15) is 0 Å². The number of aryl methyl sites for hydroxylation is 1. The molecule has 0 amide bonds. The third kappa shape index (κ3) is 4.83. The van der Waals surface area contributed by atoms with E-state index in [9.17, 15) is 0 Å². The van der Waals surface area contributed by atoms with Crippen LogP contribution in [0.2, 0.25) is 0 Å². The van der Waals surface area contributed by atoms with Crippen LogP contribution in [-0.4, -0.2) is 0 Å². The fourth-order valence-corrected chi connectivity index (χ4v) is 2.04. The summed E-state index contributed by atoms with van der Waals surface area (Å²) >= 11 is 0. The Morgan fingerprint density at radius 1 is 1.00 bits per heavy atom. The molecule has 0 spiro atoms. The Balaban J connectivity index is 2.33. The monoisotopic (exact) mass is 218 g/mol. The maximum atomic E-state index is 2.38. The summed E-state index contributed by atoms with van der Waals surface area (Å²) in [6.07, 6.45) is 8.13. The Bertz CT molecular complexity index is 286. The van der Waals surface area contributed by atoms with Crippen molar-refractivity contribution < 1.29 is 0 Å². The third-order valence-electron chi connectivity index (χ3n) is 3.19. The molecule has 0 aliphatic carbocycles. The topological polar surface area (TPSA) is 0 Å². The molecule has 0 atom stereocenters. The highest BCUT2D eigenvalue weighted by atomic mass is 14.1. The van der Waals surface area contributed by atoms with Crippen LogP contribution in [0.3, 0.4) is 0 Å². The Morgan fingerprint density at radius 3 is 2.44 bits per heavy atom. The zero-order chi connectivity index (χ0) is 11.8. The van der Waals surface area contributed by atoms with E-state index < -0.39 is 0 Å². The summed E-state index contributed by atoms with van der Waals surface area (Å²) in [5.74, 6) is 0.653. The Morgan fingerprint density at radius 2 is 1.75 bits per heavy atom. The van der Waals surface area contributed by atoms with Crippen molar-refractivity contribution in [2.24, 2.45) is 0 Å². The zero-order valence-electron chi connectivity index (χ0n) is 11.1. The van der Waals surface area contributed by atoms with Crippen LogP contribution in [0.15, 0.2) is 24.3 Å². The predicted octanol–water partition coefficient (Wildman–Crippen LogP) is 5.32. The fraction of sp³-hybridized carbons (Fsp3) is 0.625. The molecule has 1 rings (SSSR count). The van der Waals surface area contributed by atoms with Gasteiger partial charge in [-0.05, 0) is 29.9 Å². The summed E-state index contributed by atoms with van der Waals surface area (Å²) in [6, 6.07) is 9.10. The molecule has 0 fully saturated rings. The summed E-state index contributed by atoms with van der Waals surface area (Å²) in [5, 5.41) is 0. The highest BCUT2D eigenvalue weighted by Crippen LogP contribution is 2.17. The van der Waals surface area contributed by atoms with Gasteiger partial charge in [0, 0.05) is 0 Å². The van der Waals surface area contributed by atoms with Crippen LogP contribution >= 0.6 is 0 Å². The molecule has 0 nitrogen and oxygen atoms in total. The van der Waals surface area contributed by atoms with E-state index in [0.29, 0.717) is 5.92 Å². The van der Waals surface area contributed by atoms with Gasteiger partial charge in [-0.15, -0.1) is 0 Å². The van der Waals surface area contributed by atoms with E-state index in [0.717, 1.165) is 0 Å². The van der Waals surface area contributed by atoms with Gasteiger partial charge in [0.2, 0.25) is 0 Å². The van der Waals surface area contributed by atoms with E-state index in [1.54, 1.807) is 0 Å². The molecular weight excluding hydrogens is 192 g/mol. The van der Waals surface area contributed by atoms with Crippen molar-refractivity contribution in [2.45, 2.75) is 65.2 Å². The van der Waals surface area contributed by atoms with E-state index in [2.05, 4.69) is 45.0 Å².